The lowest BCUT2D eigenvalue weighted by Gasteiger charge is -2.50. The first-order chi connectivity index (χ1) is 9.34. The predicted octanol–water partition coefficient (Wildman–Crippen LogP) is 1.34. The van der Waals surface area contributed by atoms with Gasteiger partial charge in [0.1, 0.15) is 5.60 Å². The number of rotatable bonds is 1. The molecular formula is C14H18N4O. The van der Waals surface area contributed by atoms with Crippen molar-refractivity contribution in [3.8, 4) is 0 Å². The average molecular weight is 258 g/mol. The topological polar surface area (TPSA) is 49.8 Å². The Hall–Kier alpha value is -1.62. The number of aromatic nitrogens is 1. The summed E-state index contributed by atoms with van der Waals surface area (Å²) >= 11 is 0. The van der Waals surface area contributed by atoms with E-state index >= 15 is 0 Å². The zero-order valence-corrected chi connectivity index (χ0v) is 10.9. The number of ether oxygens (including phenoxy) is 1. The molecule has 5 nitrogen and oxygen atoms in total. The number of pyridine rings is 1. The van der Waals surface area contributed by atoms with Crippen molar-refractivity contribution < 1.29 is 4.74 Å². The minimum Gasteiger partial charge on any atom is -0.455 e. The van der Waals surface area contributed by atoms with E-state index < -0.39 is 0 Å². The maximum absolute atomic E-state index is 6.20. The third-order valence-corrected chi connectivity index (χ3v) is 4.54. The highest BCUT2D eigenvalue weighted by molar-refractivity contribution is 5.90. The zero-order chi connectivity index (χ0) is 12.7. The summed E-state index contributed by atoms with van der Waals surface area (Å²) in [4.78, 5) is 11.1. The molecule has 5 heteroatoms. The van der Waals surface area contributed by atoms with E-state index in [-0.39, 0.29) is 5.60 Å². The highest BCUT2D eigenvalue weighted by Crippen LogP contribution is 2.40. The minimum atomic E-state index is -0.0636. The van der Waals surface area contributed by atoms with Gasteiger partial charge in [-0.3, -0.25) is 9.88 Å². The highest BCUT2D eigenvalue weighted by Gasteiger charge is 2.51. The van der Waals surface area contributed by atoms with Crippen LogP contribution in [0.15, 0.2) is 29.5 Å². The van der Waals surface area contributed by atoms with Crippen molar-refractivity contribution in [3.63, 3.8) is 0 Å². The molecule has 4 aliphatic heterocycles. The number of nitrogens with one attached hydrogen (secondary N) is 1. The molecule has 1 spiro atoms. The van der Waals surface area contributed by atoms with Gasteiger partial charge in [-0.15, -0.1) is 0 Å². The lowest BCUT2D eigenvalue weighted by molar-refractivity contribution is -0.0829. The minimum absolute atomic E-state index is 0.0636. The molecule has 4 aliphatic rings. The van der Waals surface area contributed by atoms with Crippen LogP contribution in [0.3, 0.4) is 0 Å². The van der Waals surface area contributed by atoms with Crippen LogP contribution in [0.5, 0.6) is 0 Å². The van der Waals surface area contributed by atoms with E-state index in [0.29, 0.717) is 11.9 Å². The zero-order valence-electron chi connectivity index (χ0n) is 10.9. The average Bonchev–Trinajstić information content (AvgIpc) is 2.84. The third kappa shape index (κ3) is 1.89. The molecular weight excluding hydrogens is 240 g/mol. The van der Waals surface area contributed by atoms with Gasteiger partial charge < -0.3 is 10.1 Å². The smallest absolute Gasteiger partial charge is 0.290 e. The number of nitrogens with zero attached hydrogens (tertiary/aromatic N) is 3. The second-order valence-corrected chi connectivity index (χ2v) is 5.70. The van der Waals surface area contributed by atoms with Crippen LogP contribution in [0.25, 0.3) is 0 Å². The molecule has 3 fully saturated rings. The van der Waals surface area contributed by atoms with Crippen LogP contribution in [0.2, 0.25) is 0 Å². The van der Waals surface area contributed by atoms with Crippen LogP contribution in [-0.2, 0) is 4.74 Å². The van der Waals surface area contributed by atoms with Gasteiger partial charge in [0.25, 0.3) is 6.02 Å². The van der Waals surface area contributed by atoms with Crippen molar-refractivity contribution in [2.75, 3.05) is 31.5 Å². The largest absolute Gasteiger partial charge is 0.455 e. The molecule has 0 aliphatic carbocycles. The Balaban J connectivity index is 1.48. The quantitative estimate of drug-likeness (QED) is 0.826. The van der Waals surface area contributed by atoms with Crippen molar-refractivity contribution in [3.05, 3.63) is 24.5 Å². The number of fused-ring (bicyclic) bond motifs is 2. The molecule has 100 valence electrons. The van der Waals surface area contributed by atoms with Crippen molar-refractivity contribution in [2.24, 2.45) is 10.9 Å². The number of anilines is 1. The van der Waals surface area contributed by atoms with Crippen molar-refractivity contribution in [2.45, 2.75) is 18.4 Å². The Labute approximate surface area is 112 Å². The van der Waals surface area contributed by atoms with Crippen molar-refractivity contribution in [1.82, 2.24) is 9.88 Å². The highest BCUT2D eigenvalue weighted by atomic mass is 16.5. The molecule has 3 saturated heterocycles. The lowest BCUT2D eigenvalue weighted by Crippen LogP contribution is -2.61. The normalized spacial score (nSPS) is 36.1. The molecule has 1 aromatic heterocycles. The van der Waals surface area contributed by atoms with E-state index in [1.165, 1.54) is 25.9 Å². The Morgan fingerprint density at radius 2 is 2.05 bits per heavy atom. The molecule has 19 heavy (non-hydrogen) atoms. The summed E-state index contributed by atoms with van der Waals surface area (Å²) in [6.45, 7) is 4.27. The van der Waals surface area contributed by atoms with Crippen LogP contribution < -0.4 is 5.32 Å². The summed E-state index contributed by atoms with van der Waals surface area (Å²) in [6, 6.07) is 4.51. The molecule has 1 N–H and O–H groups in total. The first kappa shape index (κ1) is 11.2. The predicted molar refractivity (Wildman–Crippen MR) is 73.1 cm³/mol. The maximum atomic E-state index is 6.20. The van der Waals surface area contributed by atoms with Crippen LogP contribution in [-0.4, -0.2) is 47.7 Å². The van der Waals surface area contributed by atoms with Crippen LogP contribution >= 0.6 is 0 Å². The SMILES string of the molecule is c1cc(NC2=NC[C@@]3(CN4CCC3CC4)O2)ccn1. The Bertz CT molecular complexity index is 495. The molecule has 5 rings (SSSR count). The van der Waals surface area contributed by atoms with Gasteiger partial charge >= 0.3 is 0 Å². The summed E-state index contributed by atoms with van der Waals surface area (Å²) in [5.41, 5.74) is 0.915. The second-order valence-electron chi connectivity index (χ2n) is 5.70. The van der Waals surface area contributed by atoms with Crippen LogP contribution in [0.4, 0.5) is 5.69 Å². The fourth-order valence-electron chi connectivity index (χ4n) is 3.51. The van der Waals surface area contributed by atoms with Gasteiger partial charge in [0.05, 0.1) is 6.54 Å². The van der Waals surface area contributed by atoms with E-state index in [4.69, 9.17) is 4.74 Å². The first-order valence-corrected chi connectivity index (χ1v) is 6.97. The molecule has 0 amide bonds. The maximum Gasteiger partial charge on any atom is 0.290 e. The fraction of sp³-hybridized carbons (Fsp3) is 0.571. The van der Waals surface area contributed by atoms with Gasteiger partial charge in [-0.05, 0) is 38.1 Å². The van der Waals surface area contributed by atoms with Crippen molar-refractivity contribution in [1.29, 1.82) is 0 Å². The van der Waals surface area contributed by atoms with E-state index in [2.05, 4.69) is 20.2 Å². The first-order valence-electron chi connectivity index (χ1n) is 6.97. The molecule has 2 bridgehead atoms. The van der Waals surface area contributed by atoms with Gasteiger partial charge in [-0.1, -0.05) is 0 Å². The molecule has 5 heterocycles. The number of hydrogen-bond acceptors (Lipinski definition) is 5. The Morgan fingerprint density at radius 1 is 1.26 bits per heavy atom. The van der Waals surface area contributed by atoms with Crippen LogP contribution in [0, 0.1) is 5.92 Å². The van der Waals surface area contributed by atoms with Gasteiger partial charge in [-0.2, -0.15) is 0 Å². The monoisotopic (exact) mass is 258 g/mol. The third-order valence-electron chi connectivity index (χ3n) is 4.54. The van der Waals surface area contributed by atoms with Crippen LogP contribution in [0.1, 0.15) is 12.8 Å². The fourth-order valence-corrected chi connectivity index (χ4v) is 3.51. The summed E-state index contributed by atoms with van der Waals surface area (Å²) in [5, 5.41) is 3.24. The molecule has 0 radical (unpaired) electrons. The number of aliphatic imine (C=N–C) groups is 1. The number of amidine groups is 1. The van der Waals surface area contributed by atoms with E-state index in [0.717, 1.165) is 18.8 Å². The summed E-state index contributed by atoms with van der Waals surface area (Å²) in [7, 11) is 0. The van der Waals surface area contributed by atoms with Gasteiger partial charge in [0.15, 0.2) is 0 Å². The van der Waals surface area contributed by atoms with Gasteiger partial charge in [0.2, 0.25) is 0 Å². The molecule has 0 saturated carbocycles. The van der Waals surface area contributed by atoms with Gasteiger partial charge in [-0.25, -0.2) is 4.99 Å². The van der Waals surface area contributed by atoms with E-state index in [1.807, 2.05) is 12.1 Å². The number of hydrogen-bond donors (Lipinski definition) is 1. The van der Waals surface area contributed by atoms with E-state index in [9.17, 15) is 0 Å². The molecule has 1 atom stereocenters. The van der Waals surface area contributed by atoms with E-state index in [1.54, 1.807) is 12.4 Å². The summed E-state index contributed by atoms with van der Waals surface area (Å²) in [6.07, 6.45) is 6.03. The molecule has 0 unspecified atom stereocenters. The Morgan fingerprint density at radius 3 is 2.74 bits per heavy atom. The lowest BCUT2D eigenvalue weighted by atomic mass is 9.75. The molecule has 1 aromatic rings. The Kier molecular flexibility index (Phi) is 2.48. The van der Waals surface area contributed by atoms with Gasteiger partial charge in [0, 0.05) is 30.5 Å². The van der Waals surface area contributed by atoms with Crippen molar-refractivity contribution >= 4 is 11.7 Å². The molecule has 0 aromatic carbocycles. The summed E-state index contributed by atoms with van der Waals surface area (Å²) in [5.74, 6) is 0.665. The standard InChI is InChI=1S/C14H18N4O/c1-5-15-6-2-12(1)17-13-16-9-14(19-13)10-18-7-3-11(14)4-8-18/h1-2,5-6,11H,3-4,7-10H2,(H,15,16,17)/t14-/m0/s1. The second kappa shape index (κ2) is 4.20. The number of piperidine rings is 3. The summed E-state index contributed by atoms with van der Waals surface area (Å²) < 4.78 is 6.20.